The van der Waals surface area contributed by atoms with Crippen molar-refractivity contribution in [2.24, 2.45) is 5.92 Å². The lowest BCUT2D eigenvalue weighted by molar-refractivity contribution is -0.137. The third-order valence-corrected chi connectivity index (χ3v) is 7.55. The second-order valence-electron chi connectivity index (χ2n) is 12.3. The van der Waals surface area contributed by atoms with E-state index in [1.807, 2.05) is 19.9 Å². The van der Waals surface area contributed by atoms with Gasteiger partial charge in [-0.2, -0.15) is 0 Å². The summed E-state index contributed by atoms with van der Waals surface area (Å²) in [5.41, 5.74) is 3.01. The lowest BCUT2D eigenvalue weighted by atomic mass is 10.0. The van der Waals surface area contributed by atoms with Gasteiger partial charge < -0.3 is 25.3 Å². The Labute approximate surface area is 276 Å². The van der Waals surface area contributed by atoms with Crippen LogP contribution in [0.2, 0.25) is 5.02 Å². The van der Waals surface area contributed by atoms with Gasteiger partial charge >= 0.3 is 6.03 Å². The quantitative estimate of drug-likeness (QED) is 0.159. The second kappa shape index (κ2) is 19.1. The highest BCUT2D eigenvalue weighted by Gasteiger charge is 2.30. The van der Waals surface area contributed by atoms with E-state index in [0.717, 1.165) is 36.7 Å². The van der Waals surface area contributed by atoms with E-state index in [4.69, 9.17) is 21.4 Å². The number of halogens is 1. The summed E-state index contributed by atoms with van der Waals surface area (Å²) in [5.74, 6) is 0.0399. The Morgan fingerprint density at radius 3 is 2.54 bits per heavy atom. The molecule has 11 nitrogen and oxygen atoms in total. The lowest BCUT2D eigenvalue weighted by Gasteiger charge is -2.30. The molecule has 1 heterocycles. The van der Waals surface area contributed by atoms with E-state index >= 15 is 0 Å². The number of benzene rings is 2. The highest BCUT2D eigenvalue weighted by molar-refractivity contribution is 6.31. The molecule has 0 radical (unpaired) electrons. The maximum atomic E-state index is 12.4. The fraction of sp³-hybridized carbons (Fsp3) is 0.500. The Morgan fingerprint density at radius 2 is 1.91 bits per heavy atom. The summed E-state index contributed by atoms with van der Waals surface area (Å²) in [5, 5.41) is 17.4. The van der Waals surface area contributed by atoms with Crippen LogP contribution in [0.3, 0.4) is 0 Å². The molecule has 46 heavy (non-hydrogen) atoms. The van der Waals surface area contributed by atoms with Crippen LogP contribution in [0.4, 0.5) is 10.5 Å². The first kappa shape index (κ1) is 38.5. The third kappa shape index (κ3) is 13.8. The summed E-state index contributed by atoms with van der Waals surface area (Å²) >= 11 is 6.07. The van der Waals surface area contributed by atoms with Crippen LogP contribution in [0, 0.1) is 5.92 Å². The van der Waals surface area contributed by atoms with E-state index in [0.29, 0.717) is 53.6 Å². The van der Waals surface area contributed by atoms with Crippen LogP contribution in [0.15, 0.2) is 36.4 Å². The highest BCUT2D eigenvalue weighted by Crippen LogP contribution is 2.20. The van der Waals surface area contributed by atoms with Crippen molar-refractivity contribution in [2.75, 3.05) is 25.6 Å². The fourth-order valence-corrected chi connectivity index (χ4v) is 4.94. The van der Waals surface area contributed by atoms with Crippen LogP contribution in [0.1, 0.15) is 80.4 Å². The Balaban J connectivity index is 0.000000521. The predicted octanol–water partition coefficient (Wildman–Crippen LogP) is 4.66. The zero-order valence-electron chi connectivity index (χ0n) is 27.4. The van der Waals surface area contributed by atoms with Gasteiger partial charge in [0.15, 0.2) is 0 Å². The van der Waals surface area contributed by atoms with E-state index in [1.54, 1.807) is 42.3 Å². The number of ether oxygens (including phenoxy) is 1. The minimum atomic E-state index is -0.460. The van der Waals surface area contributed by atoms with Crippen molar-refractivity contribution in [2.45, 2.75) is 84.5 Å². The van der Waals surface area contributed by atoms with E-state index < -0.39 is 12.1 Å². The number of aldehydes is 2. The summed E-state index contributed by atoms with van der Waals surface area (Å²) in [4.78, 5) is 59.5. The monoisotopic (exact) mass is 658 g/mol. The zero-order chi connectivity index (χ0) is 34.3. The molecule has 1 unspecified atom stereocenters. The standard InChI is InChI=1S/C24H27ClN4O5.C10H20O2/c1-29(21-4-5-22(32)28-23(21)33)13-18-8-16(2-3-17(18)14-31)12-26-24(34)27-20-10-15(6-7-30)9-19(25)11-20;1-9(2)5-8-12-10(3,4)6-7-11/h2-3,8-11,14,21,30H,4-7,12-13H2,1H3,(H2,26,27,34)(H,28,32,33);7,9H,5-6,8H2,1-4H3. The van der Waals surface area contributed by atoms with E-state index in [-0.39, 0.29) is 37.0 Å². The van der Waals surface area contributed by atoms with Crippen LogP contribution < -0.4 is 16.0 Å². The number of aliphatic hydroxyl groups is 1. The summed E-state index contributed by atoms with van der Waals surface area (Å²) in [6.07, 6.45) is 4.32. The Morgan fingerprint density at radius 1 is 1.17 bits per heavy atom. The number of imide groups is 1. The molecule has 1 saturated heterocycles. The molecule has 3 rings (SSSR count). The molecule has 1 aliphatic rings. The van der Waals surface area contributed by atoms with Gasteiger partial charge in [-0.05, 0) is 81.0 Å². The van der Waals surface area contributed by atoms with Gasteiger partial charge in [-0.3, -0.25) is 24.6 Å². The molecule has 1 aliphatic heterocycles. The molecule has 12 heteroatoms. The summed E-state index contributed by atoms with van der Waals surface area (Å²) < 4.78 is 5.55. The zero-order valence-corrected chi connectivity index (χ0v) is 28.1. The number of urea groups is 1. The van der Waals surface area contributed by atoms with Crippen molar-refractivity contribution < 1.29 is 33.8 Å². The largest absolute Gasteiger partial charge is 0.396 e. The number of amides is 4. The van der Waals surface area contributed by atoms with Gasteiger partial charge in [0.1, 0.15) is 12.6 Å². The second-order valence-corrected chi connectivity index (χ2v) is 12.8. The molecule has 4 amide bonds. The van der Waals surface area contributed by atoms with Crippen LogP contribution >= 0.6 is 11.6 Å². The maximum absolute atomic E-state index is 12.4. The first-order chi connectivity index (χ1) is 21.8. The van der Waals surface area contributed by atoms with Gasteiger partial charge in [0.05, 0.1) is 11.6 Å². The van der Waals surface area contributed by atoms with Crippen molar-refractivity contribution in [3.05, 3.63) is 63.7 Å². The summed E-state index contributed by atoms with van der Waals surface area (Å²) in [7, 11) is 1.77. The molecule has 0 aromatic heterocycles. The molecule has 1 atom stereocenters. The van der Waals surface area contributed by atoms with E-state index in [1.165, 1.54) is 0 Å². The molecule has 0 aliphatic carbocycles. The van der Waals surface area contributed by atoms with Gasteiger partial charge in [-0.15, -0.1) is 0 Å². The van der Waals surface area contributed by atoms with Gasteiger partial charge in [0.25, 0.3) is 0 Å². The first-order valence-electron chi connectivity index (χ1n) is 15.4. The van der Waals surface area contributed by atoms with Gasteiger partial charge in [-0.1, -0.05) is 43.6 Å². The maximum Gasteiger partial charge on any atom is 0.319 e. The molecule has 1 fully saturated rings. The predicted molar refractivity (Wildman–Crippen MR) is 178 cm³/mol. The fourth-order valence-electron chi connectivity index (χ4n) is 4.69. The average Bonchev–Trinajstić information content (AvgIpc) is 2.96. The Kier molecular flexibility index (Phi) is 16.0. The van der Waals surface area contributed by atoms with Crippen molar-refractivity contribution in [1.29, 1.82) is 0 Å². The highest BCUT2D eigenvalue weighted by atomic mass is 35.5. The number of aliphatic hydroxyl groups excluding tert-OH is 1. The van der Waals surface area contributed by atoms with Gasteiger partial charge in [-0.25, -0.2) is 4.79 Å². The van der Waals surface area contributed by atoms with E-state index in [9.17, 15) is 24.0 Å². The van der Waals surface area contributed by atoms with Crippen molar-refractivity contribution in [1.82, 2.24) is 15.5 Å². The van der Waals surface area contributed by atoms with Crippen molar-refractivity contribution >= 4 is 47.7 Å². The normalized spacial score (nSPS) is 14.8. The molecule has 2 aromatic carbocycles. The SMILES string of the molecule is CC(C)CCOC(C)(C)CC=O.CN(Cc1cc(CNC(=O)Nc2cc(Cl)cc(CCO)c2)ccc1C=O)C1CCC(=O)NC1=O. The molecule has 0 saturated carbocycles. The topological polar surface area (TPSA) is 154 Å². The number of likely N-dealkylation sites (N-methyl/N-ethyl adjacent to an activating group) is 1. The molecule has 2 aromatic rings. The van der Waals surface area contributed by atoms with Crippen molar-refractivity contribution in [3.8, 4) is 0 Å². The molecule has 252 valence electrons. The number of anilines is 1. The van der Waals surface area contributed by atoms with Crippen molar-refractivity contribution in [3.63, 3.8) is 0 Å². The van der Waals surface area contributed by atoms with Gasteiger partial charge in [0, 0.05) is 55.4 Å². The number of nitrogens with one attached hydrogen (secondary N) is 3. The number of carbonyl (C=O) groups excluding carboxylic acids is 5. The summed E-state index contributed by atoms with van der Waals surface area (Å²) in [6, 6.07) is 9.42. The number of nitrogens with zero attached hydrogens (tertiary/aromatic N) is 1. The minimum absolute atomic E-state index is 0.0240. The van der Waals surface area contributed by atoms with Crippen LogP contribution in [0.25, 0.3) is 0 Å². The molecule has 0 bridgehead atoms. The number of hydrogen-bond donors (Lipinski definition) is 4. The van der Waals surface area contributed by atoms with Gasteiger partial charge in [0.2, 0.25) is 11.8 Å². The number of carbonyl (C=O) groups is 5. The van der Waals surface area contributed by atoms with Crippen LogP contribution in [0.5, 0.6) is 0 Å². The number of piperidine rings is 1. The summed E-state index contributed by atoms with van der Waals surface area (Å²) in [6.45, 7) is 9.48. The van der Waals surface area contributed by atoms with Crippen LogP contribution in [-0.2, 0) is 38.6 Å². The first-order valence-corrected chi connectivity index (χ1v) is 15.8. The number of hydrogen-bond acceptors (Lipinski definition) is 8. The number of rotatable bonds is 15. The minimum Gasteiger partial charge on any atom is -0.396 e. The third-order valence-electron chi connectivity index (χ3n) is 7.33. The Bertz CT molecular complexity index is 1350. The lowest BCUT2D eigenvalue weighted by Crippen LogP contribution is -2.51. The molecule has 4 N–H and O–H groups in total. The molecular formula is C34H47ClN4O7. The Hall–Kier alpha value is -3.64. The average molecular weight is 659 g/mol. The smallest absolute Gasteiger partial charge is 0.319 e. The van der Waals surface area contributed by atoms with Crippen LogP contribution in [-0.4, -0.2) is 72.3 Å². The molecule has 0 spiro atoms. The molecular weight excluding hydrogens is 612 g/mol. The van der Waals surface area contributed by atoms with E-state index in [2.05, 4.69) is 29.8 Å².